The van der Waals surface area contributed by atoms with Gasteiger partial charge in [-0.15, -0.1) is 0 Å². The number of hydrogen-bond donors (Lipinski definition) is 0. The number of anilines is 2. The van der Waals surface area contributed by atoms with Crippen molar-refractivity contribution in [3.05, 3.63) is 53.5 Å². The minimum absolute atomic E-state index is 0.138. The van der Waals surface area contributed by atoms with Gasteiger partial charge >= 0.3 is 0 Å². The second kappa shape index (κ2) is 9.68. The third kappa shape index (κ3) is 5.25. The van der Waals surface area contributed by atoms with Gasteiger partial charge in [0.15, 0.2) is 19.1 Å². The summed E-state index contributed by atoms with van der Waals surface area (Å²) in [5.41, 5.74) is 1.80. The molecule has 0 spiro atoms. The fourth-order valence-electron chi connectivity index (χ4n) is 3.61. The Morgan fingerprint density at radius 1 is 1.14 bits per heavy atom. The van der Waals surface area contributed by atoms with E-state index in [9.17, 15) is 4.79 Å². The number of carbonyl (C=O) groups excluding carboxylic acids is 1. The third-order valence-electron chi connectivity index (χ3n) is 6.81. The van der Waals surface area contributed by atoms with Crippen LogP contribution >= 0.6 is 12.2 Å². The van der Waals surface area contributed by atoms with E-state index < -0.39 is 13.9 Å². The van der Waals surface area contributed by atoms with E-state index in [2.05, 4.69) is 43.7 Å². The smallest absolute Gasteiger partial charge is 0.259 e. The quantitative estimate of drug-likeness (QED) is 0.190. The number of thiocarbonyl (C=S) groups is 1. The maximum Gasteiger partial charge on any atom is 0.259 e. The largest absolute Gasteiger partial charge is 0.475 e. The monoisotopic (exact) mass is 510 g/mol. The first-order valence-corrected chi connectivity index (χ1v) is 14.9. The molecule has 1 fully saturated rings. The Labute approximate surface area is 215 Å². The first kappa shape index (κ1) is 26.8. The standard InChI is InChI=1S/C26H34N4O3SSi/c1-18-16-19(10-12-21(18)27-7)29-23(31)26(5,6)30(24(29)34)20-11-13-22(28-17-20)32-14-15-33-35(8,9)25(2,3)4/h10-13,16-17H,14-15H2,1-6,8-9H3. The van der Waals surface area contributed by atoms with Crippen LogP contribution in [-0.2, 0) is 9.22 Å². The molecule has 0 saturated carbocycles. The van der Waals surface area contributed by atoms with E-state index in [0.29, 0.717) is 41.3 Å². The first-order chi connectivity index (χ1) is 16.2. The molecule has 1 saturated heterocycles. The highest BCUT2D eigenvalue weighted by atomic mass is 32.1. The Kier molecular flexibility index (Phi) is 7.41. The van der Waals surface area contributed by atoms with Gasteiger partial charge in [0.25, 0.3) is 5.91 Å². The summed E-state index contributed by atoms with van der Waals surface area (Å²) >= 11 is 5.74. The van der Waals surface area contributed by atoms with Crippen LogP contribution in [0.2, 0.25) is 18.1 Å². The molecule has 0 N–H and O–H groups in total. The van der Waals surface area contributed by atoms with Crippen molar-refractivity contribution in [2.45, 2.75) is 65.2 Å². The lowest BCUT2D eigenvalue weighted by molar-refractivity contribution is -0.120. The fraction of sp³-hybridized carbons (Fsp3) is 0.462. The van der Waals surface area contributed by atoms with E-state index >= 15 is 0 Å². The van der Waals surface area contributed by atoms with Crippen molar-refractivity contribution in [3.63, 3.8) is 0 Å². The summed E-state index contributed by atoms with van der Waals surface area (Å²) < 4.78 is 11.9. The highest BCUT2D eigenvalue weighted by Crippen LogP contribution is 2.38. The summed E-state index contributed by atoms with van der Waals surface area (Å²) in [5.74, 6) is 0.351. The van der Waals surface area contributed by atoms with Crippen LogP contribution in [0.1, 0.15) is 40.2 Å². The van der Waals surface area contributed by atoms with Gasteiger partial charge < -0.3 is 14.1 Å². The molecule has 1 aromatic carbocycles. The van der Waals surface area contributed by atoms with Crippen molar-refractivity contribution in [2.24, 2.45) is 0 Å². The third-order valence-corrected chi connectivity index (χ3v) is 11.7. The molecule has 35 heavy (non-hydrogen) atoms. The Morgan fingerprint density at radius 3 is 2.34 bits per heavy atom. The van der Waals surface area contributed by atoms with Gasteiger partial charge in [-0.05, 0) is 74.9 Å². The van der Waals surface area contributed by atoms with Crippen LogP contribution < -0.4 is 14.5 Å². The van der Waals surface area contributed by atoms with Crippen molar-refractivity contribution in [1.29, 1.82) is 0 Å². The highest BCUT2D eigenvalue weighted by molar-refractivity contribution is 7.81. The number of hydrogen-bond acceptors (Lipinski definition) is 5. The molecule has 0 aliphatic carbocycles. The molecule has 1 aliphatic rings. The van der Waals surface area contributed by atoms with Gasteiger partial charge in [-0.3, -0.25) is 9.69 Å². The molecule has 3 rings (SSSR count). The van der Waals surface area contributed by atoms with E-state index in [1.807, 2.05) is 32.9 Å². The van der Waals surface area contributed by atoms with Crippen molar-refractivity contribution >= 4 is 48.6 Å². The van der Waals surface area contributed by atoms with E-state index in [4.69, 9.17) is 28.0 Å². The average molecular weight is 511 g/mol. The second-order valence-electron chi connectivity index (χ2n) is 10.7. The predicted octanol–water partition coefficient (Wildman–Crippen LogP) is 6.26. The highest BCUT2D eigenvalue weighted by Gasteiger charge is 2.50. The zero-order valence-electron chi connectivity index (χ0n) is 21.8. The molecule has 0 radical (unpaired) electrons. The minimum Gasteiger partial charge on any atom is -0.475 e. The minimum atomic E-state index is -1.82. The van der Waals surface area contributed by atoms with E-state index in [1.165, 1.54) is 4.90 Å². The number of amides is 1. The molecule has 1 amide bonds. The zero-order valence-corrected chi connectivity index (χ0v) is 23.6. The lowest BCUT2D eigenvalue weighted by atomic mass is 10.0. The number of rotatable bonds is 7. The Balaban J connectivity index is 1.73. The number of nitrogens with zero attached hydrogens (tertiary/aromatic N) is 4. The maximum absolute atomic E-state index is 13.4. The average Bonchev–Trinajstić information content (AvgIpc) is 2.94. The Hall–Kier alpha value is -2.80. The van der Waals surface area contributed by atoms with Crippen LogP contribution in [0.3, 0.4) is 0 Å². The molecular weight excluding hydrogens is 476 g/mol. The van der Waals surface area contributed by atoms with E-state index in [-0.39, 0.29) is 10.9 Å². The molecule has 186 valence electrons. The molecule has 1 aliphatic heterocycles. The topological polar surface area (TPSA) is 59.3 Å². The summed E-state index contributed by atoms with van der Waals surface area (Å²) in [5, 5.41) is 0.518. The van der Waals surface area contributed by atoms with Crippen molar-refractivity contribution < 1.29 is 14.0 Å². The van der Waals surface area contributed by atoms with Gasteiger partial charge in [0.2, 0.25) is 5.88 Å². The number of carbonyl (C=O) groups is 1. The molecule has 0 unspecified atom stereocenters. The van der Waals surface area contributed by atoms with Crippen LogP contribution in [0, 0.1) is 13.5 Å². The number of ether oxygens (including phenoxy) is 1. The Bertz CT molecular complexity index is 1170. The predicted molar refractivity (Wildman–Crippen MR) is 147 cm³/mol. The molecule has 1 aromatic heterocycles. The lowest BCUT2D eigenvalue weighted by Gasteiger charge is -2.36. The van der Waals surface area contributed by atoms with E-state index in [1.54, 1.807) is 29.3 Å². The van der Waals surface area contributed by atoms with Crippen LogP contribution in [-0.4, -0.2) is 43.1 Å². The summed E-state index contributed by atoms with van der Waals surface area (Å²) in [6.45, 7) is 24.8. The number of benzene rings is 1. The molecule has 7 nitrogen and oxygen atoms in total. The number of aromatic nitrogens is 1. The number of pyridine rings is 1. The van der Waals surface area contributed by atoms with Crippen LogP contribution in [0.4, 0.5) is 17.1 Å². The summed E-state index contributed by atoms with van der Waals surface area (Å²) in [4.78, 5) is 24.6. The normalized spacial score (nSPS) is 16.0. The summed E-state index contributed by atoms with van der Waals surface area (Å²) in [6, 6.07) is 8.92. The molecular formula is C26H34N4O3SSi. The van der Waals surface area contributed by atoms with Crippen LogP contribution in [0.25, 0.3) is 4.85 Å². The van der Waals surface area contributed by atoms with Gasteiger partial charge in [0, 0.05) is 11.8 Å². The van der Waals surface area contributed by atoms with Crippen LogP contribution in [0.5, 0.6) is 5.88 Å². The van der Waals surface area contributed by atoms with Crippen molar-refractivity contribution in [2.75, 3.05) is 23.0 Å². The molecule has 0 bridgehead atoms. The summed E-state index contributed by atoms with van der Waals surface area (Å²) in [7, 11) is -1.82. The first-order valence-electron chi connectivity index (χ1n) is 11.6. The number of aryl methyl sites for hydroxylation is 1. The van der Waals surface area contributed by atoms with Gasteiger partial charge in [-0.2, -0.15) is 0 Å². The van der Waals surface area contributed by atoms with Gasteiger partial charge in [0.05, 0.1) is 25.1 Å². The van der Waals surface area contributed by atoms with Gasteiger partial charge in [-0.1, -0.05) is 26.8 Å². The summed E-state index contributed by atoms with van der Waals surface area (Å²) in [6.07, 6.45) is 1.67. The van der Waals surface area contributed by atoms with Gasteiger partial charge in [-0.25, -0.2) is 9.83 Å². The lowest BCUT2D eigenvalue weighted by Crippen LogP contribution is -2.44. The molecule has 2 aromatic rings. The molecule has 9 heteroatoms. The van der Waals surface area contributed by atoms with E-state index in [0.717, 1.165) is 5.56 Å². The van der Waals surface area contributed by atoms with Crippen molar-refractivity contribution in [3.8, 4) is 5.88 Å². The zero-order chi connectivity index (χ0) is 26.2. The Morgan fingerprint density at radius 2 is 1.80 bits per heavy atom. The van der Waals surface area contributed by atoms with Crippen LogP contribution in [0.15, 0.2) is 36.5 Å². The van der Waals surface area contributed by atoms with Gasteiger partial charge in [0.1, 0.15) is 12.1 Å². The van der Waals surface area contributed by atoms with Crippen molar-refractivity contribution in [1.82, 2.24) is 4.98 Å². The maximum atomic E-state index is 13.4. The second-order valence-corrected chi connectivity index (χ2v) is 15.9. The fourth-order valence-corrected chi connectivity index (χ4v) is 5.16. The SMILES string of the molecule is [C-]#[N+]c1ccc(N2C(=O)C(C)(C)N(c3ccc(OCCO[Si](C)(C)C(C)(C)C)nc3)C2=S)cc1C. The molecule has 0 atom stereocenters. The molecule has 2 heterocycles.